The first-order valence-electron chi connectivity index (χ1n) is 6.21. The summed E-state index contributed by atoms with van der Waals surface area (Å²) in [7, 11) is 0. The topological polar surface area (TPSA) is 91.0 Å². The maximum absolute atomic E-state index is 11.9. The molecule has 2 N–H and O–H groups in total. The maximum Gasteiger partial charge on any atom is 0.263 e. The third-order valence-electron chi connectivity index (χ3n) is 2.74. The third kappa shape index (κ3) is 3.94. The molecule has 1 amide bonds. The highest BCUT2D eigenvalue weighted by molar-refractivity contribution is 7.15. The van der Waals surface area contributed by atoms with Gasteiger partial charge < -0.3 is 15.1 Å². The van der Waals surface area contributed by atoms with Crippen molar-refractivity contribution in [2.45, 2.75) is 20.4 Å². The summed E-state index contributed by atoms with van der Waals surface area (Å²) in [6.45, 7) is 4.10. The summed E-state index contributed by atoms with van der Waals surface area (Å²) in [4.78, 5) is 17.2. The summed E-state index contributed by atoms with van der Waals surface area (Å²) in [6, 6.07) is 5.34. The van der Waals surface area contributed by atoms with Gasteiger partial charge in [0.15, 0.2) is 5.13 Å². The van der Waals surface area contributed by atoms with Crippen molar-refractivity contribution in [1.29, 1.82) is 5.26 Å². The Labute approximate surface area is 126 Å². The predicted octanol–water partition coefficient (Wildman–Crippen LogP) is 2.49. The summed E-state index contributed by atoms with van der Waals surface area (Å²) in [6.07, 6.45) is 2.88. The number of amides is 1. The molecule has 108 valence electrons. The zero-order chi connectivity index (χ0) is 15.2. The van der Waals surface area contributed by atoms with E-state index >= 15 is 0 Å². The zero-order valence-electron chi connectivity index (χ0n) is 11.6. The van der Waals surface area contributed by atoms with Gasteiger partial charge in [-0.2, -0.15) is 5.26 Å². The Balaban J connectivity index is 1.96. The number of carbonyl (C=O) groups is 1. The number of anilines is 1. The molecule has 0 aliphatic carbocycles. The van der Waals surface area contributed by atoms with Crippen molar-refractivity contribution >= 4 is 22.4 Å². The minimum absolute atomic E-state index is 0.0212. The summed E-state index contributed by atoms with van der Waals surface area (Å²) < 4.78 is 5.10. The van der Waals surface area contributed by atoms with E-state index in [0.29, 0.717) is 10.9 Å². The second-order valence-electron chi connectivity index (χ2n) is 4.24. The van der Waals surface area contributed by atoms with Crippen LogP contribution in [0.5, 0.6) is 0 Å². The molecule has 0 bridgehead atoms. The van der Waals surface area contributed by atoms with Crippen LogP contribution in [0.15, 0.2) is 34.6 Å². The first kappa shape index (κ1) is 14.8. The molecule has 0 spiro atoms. The zero-order valence-corrected chi connectivity index (χ0v) is 12.5. The van der Waals surface area contributed by atoms with Crippen LogP contribution >= 0.6 is 11.3 Å². The summed E-state index contributed by atoms with van der Waals surface area (Å²) in [5, 5.41) is 15.2. The highest BCUT2D eigenvalue weighted by Crippen LogP contribution is 2.21. The van der Waals surface area contributed by atoms with Gasteiger partial charge in [0, 0.05) is 11.1 Å². The van der Waals surface area contributed by atoms with Gasteiger partial charge in [0.2, 0.25) is 0 Å². The second-order valence-corrected chi connectivity index (χ2v) is 5.44. The van der Waals surface area contributed by atoms with Crippen LogP contribution < -0.4 is 10.6 Å². The lowest BCUT2D eigenvalue weighted by atomic mass is 10.3. The Morgan fingerprint density at radius 1 is 1.57 bits per heavy atom. The highest BCUT2D eigenvalue weighted by atomic mass is 32.1. The van der Waals surface area contributed by atoms with Crippen molar-refractivity contribution in [3.63, 3.8) is 0 Å². The summed E-state index contributed by atoms with van der Waals surface area (Å²) in [5.41, 5.74) is 0.906. The lowest BCUT2D eigenvalue weighted by molar-refractivity contribution is -0.117. The fourth-order valence-electron chi connectivity index (χ4n) is 1.49. The molecule has 6 nitrogen and oxygen atoms in total. The average Bonchev–Trinajstić information content (AvgIpc) is 3.08. The van der Waals surface area contributed by atoms with E-state index in [1.165, 1.54) is 23.8 Å². The number of furan rings is 1. The minimum atomic E-state index is -0.466. The van der Waals surface area contributed by atoms with E-state index < -0.39 is 5.91 Å². The Kier molecular flexibility index (Phi) is 4.74. The highest BCUT2D eigenvalue weighted by Gasteiger charge is 2.10. The Morgan fingerprint density at radius 3 is 2.95 bits per heavy atom. The lowest BCUT2D eigenvalue weighted by Crippen LogP contribution is -2.24. The molecule has 0 fully saturated rings. The van der Waals surface area contributed by atoms with Gasteiger partial charge in [0.05, 0.1) is 18.5 Å². The largest absolute Gasteiger partial charge is 0.467 e. The molecule has 2 rings (SSSR count). The Bertz CT molecular complexity index is 676. The van der Waals surface area contributed by atoms with Gasteiger partial charge in [0.1, 0.15) is 17.4 Å². The fraction of sp³-hybridized carbons (Fsp3) is 0.214. The molecule has 0 saturated carbocycles. The Morgan fingerprint density at radius 2 is 2.38 bits per heavy atom. The number of nitriles is 1. The third-order valence-corrected chi connectivity index (χ3v) is 3.74. The maximum atomic E-state index is 11.9. The second kappa shape index (κ2) is 6.72. The molecule has 7 heteroatoms. The van der Waals surface area contributed by atoms with Crippen molar-refractivity contribution in [3.05, 3.63) is 46.5 Å². The number of nitrogens with one attached hydrogen (secondary N) is 2. The monoisotopic (exact) mass is 302 g/mol. The van der Waals surface area contributed by atoms with Gasteiger partial charge in [-0.3, -0.25) is 4.79 Å². The van der Waals surface area contributed by atoms with Crippen LogP contribution in [-0.4, -0.2) is 10.9 Å². The molecule has 0 radical (unpaired) electrons. The van der Waals surface area contributed by atoms with E-state index in [1.54, 1.807) is 12.1 Å². The molecular weight excluding hydrogens is 288 g/mol. The van der Waals surface area contributed by atoms with Crippen LogP contribution in [0, 0.1) is 25.2 Å². The van der Waals surface area contributed by atoms with Crippen LogP contribution in [0.4, 0.5) is 5.13 Å². The molecule has 2 aromatic heterocycles. The van der Waals surface area contributed by atoms with E-state index in [0.717, 1.165) is 10.6 Å². The number of hydrogen-bond donors (Lipinski definition) is 2. The summed E-state index contributed by atoms with van der Waals surface area (Å²) >= 11 is 1.47. The number of aryl methyl sites for hydroxylation is 2. The SMILES string of the molecule is Cc1nc(N/C=C(/C#N)C(=O)NCc2ccco2)sc1C. The van der Waals surface area contributed by atoms with Gasteiger partial charge in [-0.15, -0.1) is 11.3 Å². The molecule has 0 saturated heterocycles. The van der Waals surface area contributed by atoms with E-state index in [2.05, 4.69) is 15.6 Å². The van der Waals surface area contributed by atoms with Gasteiger partial charge >= 0.3 is 0 Å². The summed E-state index contributed by atoms with van der Waals surface area (Å²) in [5.74, 6) is 0.158. The molecule has 0 aliphatic rings. The number of thiazole rings is 1. The molecule has 2 aromatic rings. The van der Waals surface area contributed by atoms with Gasteiger partial charge in [-0.05, 0) is 26.0 Å². The lowest BCUT2D eigenvalue weighted by Gasteiger charge is -2.02. The van der Waals surface area contributed by atoms with Crippen LogP contribution in [0.3, 0.4) is 0 Å². The number of carbonyl (C=O) groups excluding carboxylic acids is 1. The smallest absolute Gasteiger partial charge is 0.263 e. The van der Waals surface area contributed by atoms with Crippen molar-refractivity contribution in [2.24, 2.45) is 0 Å². The number of nitrogens with zero attached hydrogens (tertiary/aromatic N) is 2. The first-order valence-corrected chi connectivity index (χ1v) is 7.03. The van der Waals surface area contributed by atoms with E-state index in [4.69, 9.17) is 9.68 Å². The molecule has 0 atom stereocenters. The van der Waals surface area contributed by atoms with E-state index in [-0.39, 0.29) is 12.1 Å². The molecular formula is C14H14N4O2S. The van der Waals surface area contributed by atoms with Crippen molar-refractivity contribution in [3.8, 4) is 6.07 Å². The van der Waals surface area contributed by atoms with Gasteiger partial charge in [-0.1, -0.05) is 0 Å². The van der Waals surface area contributed by atoms with Crippen molar-refractivity contribution in [2.75, 3.05) is 5.32 Å². The molecule has 2 heterocycles. The standard InChI is InChI=1S/C14H14N4O2S/c1-9-10(2)21-14(18-9)17-7-11(6-15)13(19)16-8-12-4-3-5-20-12/h3-5,7H,8H2,1-2H3,(H,16,19)(H,17,18)/b11-7-. The fourth-order valence-corrected chi connectivity index (χ4v) is 2.28. The van der Waals surface area contributed by atoms with E-state index in [1.807, 2.05) is 19.9 Å². The van der Waals surface area contributed by atoms with Crippen molar-refractivity contribution in [1.82, 2.24) is 10.3 Å². The van der Waals surface area contributed by atoms with Crippen LogP contribution in [-0.2, 0) is 11.3 Å². The van der Waals surface area contributed by atoms with Crippen LogP contribution in [0.2, 0.25) is 0 Å². The molecule has 0 unspecified atom stereocenters. The van der Waals surface area contributed by atoms with Gasteiger partial charge in [-0.25, -0.2) is 4.98 Å². The van der Waals surface area contributed by atoms with E-state index in [9.17, 15) is 4.79 Å². The quantitative estimate of drug-likeness (QED) is 0.654. The van der Waals surface area contributed by atoms with Crippen LogP contribution in [0.25, 0.3) is 0 Å². The van der Waals surface area contributed by atoms with Gasteiger partial charge in [0.25, 0.3) is 5.91 Å². The number of aromatic nitrogens is 1. The number of hydrogen-bond acceptors (Lipinski definition) is 6. The predicted molar refractivity (Wildman–Crippen MR) is 79.5 cm³/mol. The molecule has 0 aromatic carbocycles. The molecule has 0 aliphatic heterocycles. The normalized spacial score (nSPS) is 11.0. The average molecular weight is 302 g/mol. The number of rotatable bonds is 5. The molecule has 21 heavy (non-hydrogen) atoms. The minimum Gasteiger partial charge on any atom is -0.467 e. The Hall–Kier alpha value is -2.59. The van der Waals surface area contributed by atoms with Crippen molar-refractivity contribution < 1.29 is 9.21 Å². The first-order chi connectivity index (χ1) is 10.1. The van der Waals surface area contributed by atoms with Crippen LogP contribution in [0.1, 0.15) is 16.3 Å².